The number of carbonyl (C=O) groups is 1. The van der Waals surface area contributed by atoms with Gasteiger partial charge in [-0.3, -0.25) is 14.9 Å². The molecule has 0 N–H and O–H groups in total. The summed E-state index contributed by atoms with van der Waals surface area (Å²) in [6.07, 6.45) is 0. The average molecular weight is 382 g/mol. The third-order valence-electron chi connectivity index (χ3n) is 4.20. The molecule has 1 aliphatic heterocycles. The number of halogens is 3. The quantitative estimate of drug-likeness (QED) is 0.603. The molecule has 1 aliphatic rings. The van der Waals surface area contributed by atoms with Crippen LogP contribution in [0.1, 0.15) is 10.4 Å². The number of rotatable bonds is 3. The van der Waals surface area contributed by atoms with Gasteiger partial charge in [0.1, 0.15) is 17.3 Å². The molecule has 0 atom stereocenters. The molecule has 1 fully saturated rings. The maximum absolute atomic E-state index is 13.5. The van der Waals surface area contributed by atoms with Crippen molar-refractivity contribution in [2.75, 3.05) is 31.1 Å². The van der Waals surface area contributed by atoms with Gasteiger partial charge in [0.25, 0.3) is 11.6 Å². The molecule has 136 valence electrons. The maximum atomic E-state index is 13.5. The minimum Gasteiger partial charge on any atom is -0.362 e. The second-order valence-corrected chi connectivity index (χ2v) is 6.20. The van der Waals surface area contributed by atoms with Crippen molar-refractivity contribution in [2.24, 2.45) is 0 Å². The molecule has 0 saturated carbocycles. The van der Waals surface area contributed by atoms with Gasteiger partial charge in [0.15, 0.2) is 0 Å². The van der Waals surface area contributed by atoms with Gasteiger partial charge in [-0.2, -0.15) is 0 Å². The Labute approximate surface area is 152 Å². The van der Waals surface area contributed by atoms with Crippen LogP contribution < -0.4 is 4.90 Å². The molecule has 26 heavy (non-hydrogen) atoms. The summed E-state index contributed by atoms with van der Waals surface area (Å²) in [7, 11) is 0. The number of amides is 1. The van der Waals surface area contributed by atoms with Crippen LogP contribution >= 0.6 is 11.6 Å². The van der Waals surface area contributed by atoms with Crippen molar-refractivity contribution in [3.63, 3.8) is 0 Å². The lowest BCUT2D eigenvalue weighted by Crippen LogP contribution is -2.49. The Morgan fingerprint density at radius 2 is 1.65 bits per heavy atom. The summed E-state index contributed by atoms with van der Waals surface area (Å²) in [5, 5.41) is 11.2. The summed E-state index contributed by atoms with van der Waals surface area (Å²) in [5.74, 6) is -1.44. The Bertz CT molecular complexity index is 870. The first-order valence-corrected chi connectivity index (χ1v) is 8.18. The molecule has 0 spiro atoms. The van der Waals surface area contributed by atoms with Crippen molar-refractivity contribution >= 4 is 28.9 Å². The molecule has 0 unspecified atom stereocenters. The average Bonchev–Trinajstić information content (AvgIpc) is 2.61. The smallest absolute Gasteiger partial charge is 0.292 e. The first-order valence-electron chi connectivity index (χ1n) is 7.80. The highest BCUT2D eigenvalue weighted by Crippen LogP contribution is 2.30. The molecular formula is C17H14ClF2N3O3. The van der Waals surface area contributed by atoms with Crippen LogP contribution in [0.5, 0.6) is 0 Å². The molecule has 0 aromatic heterocycles. The second-order valence-electron chi connectivity index (χ2n) is 5.79. The number of hydrogen-bond donors (Lipinski definition) is 0. The van der Waals surface area contributed by atoms with Crippen LogP contribution in [0.4, 0.5) is 20.2 Å². The zero-order chi connectivity index (χ0) is 18.8. The molecule has 3 rings (SSSR count). The Hall–Kier alpha value is -2.74. The first-order chi connectivity index (χ1) is 12.4. The number of nitro benzene ring substituents is 1. The van der Waals surface area contributed by atoms with Crippen molar-refractivity contribution in [2.45, 2.75) is 0 Å². The van der Waals surface area contributed by atoms with Crippen LogP contribution in [0.25, 0.3) is 0 Å². The summed E-state index contributed by atoms with van der Waals surface area (Å²) in [6.45, 7) is 1.16. The molecule has 2 aromatic carbocycles. The lowest BCUT2D eigenvalue weighted by molar-refractivity contribution is -0.384. The number of carbonyl (C=O) groups excluding carboxylic acids is 1. The molecule has 9 heteroatoms. The fourth-order valence-electron chi connectivity index (χ4n) is 2.89. The molecule has 0 radical (unpaired) electrons. The van der Waals surface area contributed by atoms with Gasteiger partial charge in [-0.05, 0) is 24.3 Å². The van der Waals surface area contributed by atoms with E-state index in [1.807, 2.05) is 0 Å². The minimum atomic E-state index is -0.567. The third kappa shape index (κ3) is 3.60. The highest BCUT2D eigenvalue weighted by atomic mass is 35.5. The Morgan fingerprint density at radius 3 is 2.27 bits per heavy atom. The van der Waals surface area contributed by atoms with Crippen molar-refractivity contribution in [1.82, 2.24) is 4.90 Å². The van der Waals surface area contributed by atoms with E-state index in [0.29, 0.717) is 13.1 Å². The largest absolute Gasteiger partial charge is 0.362 e. The van der Waals surface area contributed by atoms with E-state index in [4.69, 9.17) is 11.6 Å². The number of nitrogens with zero attached hydrogens (tertiary/aromatic N) is 3. The second kappa shape index (κ2) is 7.25. The van der Waals surface area contributed by atoms with Crippen LogP contribution in [0.15, 0.2) is 36.4 Å². The molecular weight excluding hydrogens is 368 g/mol. The molecule has 0 aliphatic carbocycles. The maximum Gasteiger partial charge on any atom is 0.292 e. The number of hydrogen-bond acceptors (Lipinski definition) is 4. The SMILES string of the molecule is O=C(c1ccc(F)cc1Cl)N1CCN(c2cc(F)ccc2[N+](=O)[O-])CC1. The van der Waals surface area contributed by atoms with Gasteiger partial charge in [-0.1, -0.05) is 11.6 Å². The van der Waals surface area contributed by atoms with Gasteiger partial charge >= 0.3 is 0 Å². The Balaban J connectivity index is 1.74. The predicted molar refractivity (Wildman–Crippen MR) is 92.6 cm³/mol. The van der Waals surface area contributed by atoms with E-state index >= 15 is 0 Å². The van der Waals surface area contributed by atoms with Crippen LogP contribution in [-0.4, -0.2) is 41.9 Å². The van der Waals surface area contributed by atoms with E-state index in [-0.39, 0.29) is 41.0 Å². The number of piperazine rings is 1. The number of anilines is 1. The van der Waals surface area contributed by atoms with Crippen molar-refractivity contribution < 1.29 is 18.5 Å². The van der Waals surface area contributed by atoms with Gasteiger partial charge in [0, 0.05) is 38.3 Å². The zero-order valence-corrected chi connectivity index (χ0v) is 14.2. The summed E-state index contributed by atoms with van der Waals surface area (Å²) < 4.78 is 26.6. The first kappa shape index (κ1) is 18.1. The lowest BCUT2D eigenvalue weighted by Gasteiger charge is -2.36. The van der Waals surface area contributed by atoms with Gasteiger partial charge in [0.2, 0.25) is 0 Å². The highest BCUT2D eigenvalue weighted by Gasteiger charge is 2.27. The monoisotopic (exact) mass is 381 g/mol. The minimum absolute atomic E-state index is 0.0261. The van der Waals surface area contributed by atoms with Gasteiger partial charge in [0.05, 0.1) is 15.5 Å². The fourth-order valence-corrected chi connectivity index (χ4v) is 3.14. The van der Waals surface area contributed by atoms with Crippen molar-refractivity contribution in [1.29, 1.82) is 0 Å². The van der Waals surface area contributed by atoms with Crippen LogP contribution in [0.3, 0.4) is 0 Å². The van der Waals surface area contributed by atoms with Crippen molar-refractivity contribution in [3.8, 4) is 0 Å². The summed E-state index contributed by atoms with van der Waals surface area (Å²) in [5.41, 5.74) is 0.188. The number of nitro groups is 1. The van der Waals surface area contributed by atoms with Crippen LogP contribution in [-0.2, 0) is 0 Å². The normalized spacial score (nSPS) is 14.4. The predicted octanol–water partition coefficient (Wildman–Crippen LogP) is 3.49. The van der Waals surface area contributed by atoms with Gasteiger partial charge in [-0.15, -0.1) is 0 Å². The Morgan fingerprint density at radius 1 is 1.04 bits per heavy atom. The molecule has 0 bridgehead atoms. The number of benzene rings is 2. The third-order valence-corrected chi connectivity index (χ3v) is 4.52. The summed E-state index contributed by atoms with van der Waals surface area (Å²) in [6, 6.07) is 6.83. The van der Waals surface area contributed by atoms with E-state index in [1.54, 1.807) is 4.90 Å². The van der Waals surface area contributed by atoms with Gasteiger partial charge in [-0.25, -0.2) is 8.78 Å². The summed E-state index contributed by atoms with van der Waals surface area (Å²) in [4.78, 5) is 26.3. The van der Waals surface area contributed by atoms with E-state index in [0.717, 1.165) is 30.3 Å². The van der Waals surface area contributed by atoms with Gasteiger partial charge < -0.3 is 9.80 Å². The van der Waals surface area contributed by atoms with E-state index in [9.17, 15) is 23.7 Å². The van der Waals surface area contributed by atoms with E-state index < -0.39 is 16.6 Å². The highest BCUT2D eigenvalue weighted by molar-refractivity contribution is 6.33. The zero-order valence-electron chi connectivity index (χ0n) is 13.5. The molecule has 1 heterocycles. The molecule has 2 aromatic rings. The molecule has 1 amide bonds. The topological polar surface area (TPSA) is 66.7 Å². The lowest BCUT2D eigenvalue weighted by atomic mass is 10.1. The fraction of sp³-hybridized carbons (Fsp3) is 0.235. The van der Waals surface area contributed by atoms with E-state index in [1.165, 1.54) is 11.0 Å². The van der Waals surface area contributed by atoms with E-state index in [2.05, 4.69) is 0 Å². The van der Waals surface area contributed by atoms with Crippen molar-refractivity contribution in [3.05, 3.63) is 68.7 Å². The molecule has 6 nitrogen and oxygen atoms in total. The Kier molecular flexibility index (Phi) is 5.03. The molecule has 1 saturated heterocycles. The summed E-state index contributed by atoms with van der Waals surface area (Å²) >= 11 is 5.93. The van der Waals surface area contributed by atoms with Crippen LogP contribution in [0, 0.1) is 21.7 Å². The standard InChI is InChI=1S/C17H14ClF2N3O3/c18-14-9-11(19)1-3-13(14)17(24)22-7-5-21(6-8-22)16-10-12(20)2-4-15(16)23(25)26/h1-4,9-10H,5-8H2. The van der Waals surface area contributed by atoms with Crippen LogP contribution in [0.2, 0.25) is 5.02 Å².